The molecule has 0 saturated heterocycles. The molecule has 0 fully saturated rings. The van der Waals surface area contributed by atoms with E-state index in [4.69, 9.17) is 0 Å². The van der Waals surface area contributed by atoms with Gasteiger partial charge in [-0.15, -0.1) is 0 Å². The molecule has 86 valence electrons. The fourth-order valence-electron chi connectivity index (χ4n) is 2.06. The van der Waals surface area contributed by atoms with Gasteiger partial charge in [0.1, 0.15) is 5.82 Å². The van der Waals surface area contributed by atoms with Crippen molar-refractivity contribution in [2.45, 2.75) is 22.8 Å². The second-order valence-corrected chi connectivity index (χ2v) is 5.23. The van der Waals surface area contributed by atoms with Crippen LogP contribution in [0.15, 0.2) is 52.3 Å². The standard InChI is InChI=1S/C14H12FNS/c1-9-11-8-10(15)6-7-13(11)17-14-5-3-2-4-12(14)16-9/h2-9,16H,1H3/t9-/m1/s1. The van der Waals surface area contributed by atoms with Gasteiger partial charge >= 0.3 is 0 Å². The van der Waals surface area contributed by atoms with Gasteiger partial charge in [0.2, 0.25) is 0 Å². The van der Waals surface area contributed by atoms with Gasteiger partial charge in [0.25, 0.3) is 0 Å². The summed E-state index contributed by atoms with van der Waals surface area (Å²) in [6.07, 6.45) is 0. The van der Waals surface area contributed by atoms with Crippen molar-refractivity contribution in [2.24, 2.45) is 0 Å². The molecule has 1 N–H and O–H groups in total. The third-order valence-electron chi connectivity index (χ3n) is 2.92. The zero-order chi connectivity index (χ0) is 11.8. The van der Waals surface area contributed by atoms with Gasteiger partial charge in [0.15, 0.2) is 0 Å². The third-order valence-corrected chi connectivity index (χ3v) is 4.08. The summed E-state index contributed by atoms with van der Waals surface area (Å²) in [7, 11) is 0. The highest BCUT2D eigenvalue weighted by Crippen LogP contribution is 2.42. The molecule has 3 heteroatoms. The molecule has 0 radical (unpaired) electrons. The van der Waals surface area contributed by atoms with Crippen molar-refractivity contribution in [3.63, 3.8) is 0 Å². The minimum Gasteiger partial charge on any atom is -0.378 e. The van der Waals surface area contributed by atoms with Crippen molar-refractivity contribution in [1.82, 2.24) is 0 Å². The topological polar surface area (TPSA) is 12.0 Å². The van der Waals surface area contributed by atoms with Crippen LogP contribution in [0.3, 0.4) is 0 Å². The molecule has 17 heavy (non-hydrogen) atoms. The van der Waals surface area contributed by atoms with Gasteiger partial charge in [0, 0.05) is 21.5 Å². The SMILES string of the molecule is C[C@H]1Nc2ccccc2Sc2ccc(F)cc21. The number of benzene rings is 2. The van der Waals surface area contributed by atoms with E-state index in [-0.39, 0.29) is 11.9 Å². The second-order valence-electron chi connectivity index (χ2n) is 4.15. The van der Waals surface area contributed by atoms with Gasteiger partial charge in [-0.1, -0.05) is 23.9 Å². The largest absolute Gasteiger partial charge is 0.378 e. The van der Waals surface area contributed by atoms with Crippen LogP contribution in [0.1, 0.15) is 18.5 Å². The summed E-state index contributed by atoms with van der Waals surface area (Å²) in [5.74, 6) is -0.177. The first-order chi connectivity index (χ1) is 8.24. The Hall–Kier alpha value is -1.48. The highest BCUT2D eigenvalue weighted by Gasteiger charge is 2.18. The molecule has 1 aliphatic rings. The maximum Gasteiger partial charge on any atom is 0.123 e. The average Bonchev–Trinajstić information content (AvgIpc) is 2.46. The fraction of sp³-hybridized carbons (Fsp3) is 0.143. The summed E-state index contributed by atoms with van der Waals surface area (Å²) in [6, 6.07) is 13.3. The lowest BCUT2D eigenvalue weighted by Gasteiger charge is -2.14. The van der Waals surface area contributed by atoms with Crippen LogP contribution in [0.25, 0.3) is 0 Å². The zero-order valence-corrected chi connectivity index (χ0v) is 10.2. The Labute approximate surface area is 104 Å². The number of nitrogens with one attached hydrogen (secondary N) is 1. The number of halogens is 1. The number of para-hydroxylation sites is 1. The molecule has 2 aromatic carbocycles. The van der Waals surface area contributed by atoms with Gasteiger partial charge in [-0.3, -0.25) is 0 Å². The van der Waals surface area contributed by atoms with E-state index in [9.17, 15) is 4.39 Å². The number of hydrogen-bond acceptors (Lipinski definition) is 2. The van der Waals surface area contributed by atoms with Crippen molar-refractivity contribution in [1.29, 1.82) is 0 Å². The van der Waals surface area contributed by atoms with Crippen LogP contribution in [0.5, 0.6) is 0 Å². The normalized spacial score (nSPS) is 17.6. The Morgan fingerprint density at radius 1 is 1.12 bits per heavy atom. The second kappa shape index (κ2) is 4.08. The number of anilines is 1. The molecular weight excluding hydrogens is 233 g/mol. The average molecular weight is 245 g/mol. The summed E-state index contributed by atoms with van der Waals surface area (Å²) in [5.41, 5.74) is 2.13. The lowest BCUT2D eigenvalue weighted by molar-refractivity contribution is 0.621. The van der Waals surface area contributed by atoms with Crippen molar-refractivity contribution in [3.05, 3.63) is 53.8 Å². The van der Waals surface area contributed by atoms with Crippen LogP contribution in [0.2, 0.25) is 0 Å². The molecule has 0 saturated carbocycles. The van der Waals surface area contributed by atoms with Gasteiger partial charge < -0.3 is 5.32 Å². The van der Waals surface area contributed by atoms with E-state index in [0.29, 0.717) is 0 Å². The van der Waals surface area contributed by atoms with Crippen LogP contribution >= 0.6 is 11.8 Å². The summed E-state index contributed by atoms with van der Waals surface area (Å²) in [4.78, 5) is 2.31. The molecule has 0 spiro atoms. The van der Waals surface area contributed by atoms with Crippen LogP contribution in [0.4, 0.5) is 10.1 Å². The van der Waals surface area contributed by atoms with E-state index < -0.39 is 0 Å². The molecule has 1 aliphatic heterocycles. The molecule has 3 rings (SSSR count). The van der Waals surface area contributed by atoms with Gasteiger partial charge in [-0.2, -0.15) is 0 Å². The van der Waals surface area contributed by atoms with Gasteiger partial charge in [-0.25, -0.2) is 4.39 Å². The van der Waals surface area contributed by atoms with Crippen molar-refractivity contribution >= 4 is 17.4 Å². The maximum absolute atomic E-state index is 13.3. The van der Waals surface area contributed by atoms with Gasteiger partial charge in [-0.05, 0) is 42.8 Å². The molecule has 0 amide bonds. The Morgan fingerprint density at radius 3 is 2.82 bits per heavy atom. The first-order valence-electron chi connectivity index (χ1n) is 5.57. The predicted octanol–water partition coefficient (Wildman–Crippen LogP) is 4.46. The van der Waals surface area contributed by atoms with E-state index in [0.717, 1.165) is 16.1 Å². The summed E-state index contributed by atoms with van der Waals surface area (Å²) >= 11 is 1.69. The summed E-state index contributed by atoms with van der Waals surface area (Å²) in [5, 5.41) is 3.42. The number of fused-ring (bicyclic) bond motifs is 2. The van der Waals surface area contributed by atoms with E-state index in [1.807, 2.05) is 18.2 Å². The van der Waals surface area contributed by atoms with E-state index in [1.54, 1.807) is 17.8 Å². The Balaban J connectivity index is 2.14. The van der Waals surface area contributed by atoms with Crippen molar-refractivity contribution < 1.29 is 4.39 Å². The fourth-order valence-corrected chi connectivity index (χ4v) is 3.17. The van der Waals surface area contributed by atoms with Crippen LogP contribution in [-0.4, -0.2) is 0 Å². The maximum atomic E-state index is 13.3. The molecule has 0 aromatic heterocycles. The molecule has 0 aliphatic carbocycles. The van der Waals surface area contributed by atoms with Crippen molar-refractivity contribution in [3.8, 4) is 0 Å². The quantitative estimate of drug-likeness (QED) is 0.735. The lowest BCUT2D eigenvalue weighted by Crippen LogP contribution is -2.06. The molecule has 1 atom stereocenters. The van der Waals surface area contributed by atoms with E-state index in [1.165, 1.54) is 11.0 Å². The molecular formula is C14H12FNS. The monoisotopic (exact) mass is 245 g/mol. The van der Waals surface area contributed by atoms with Crippen LogP contribution < -0.4 is 5.32 Å². The highest BCUT2D eigenvalue weighted by atomic mass is 32.2. The molecule has 2 aromatic rings. The van der Waals surface area contributed by atoms with Crippen molar-refractivity contribution in [2.75, 3.05) is 5.32 Å². The first kappa shape index (κ1) is 10.7. The predicted molar refractivity (Wildman–Crippen MR) is 69.0 cm³/mol. The minimum absolute atomic E-state index is 0.122. The minimum atomic E-state index is -0.177. The summed E-state index contributed by atoms with van der Waals surface area (Å²) < 4.78 is 13.3. The molecule has 0 bridgehead atoms. The Morgan fingerprint density at radius 2 is 1.94 bits per heavy atom. The molecule has 0 unspecified atom stereocenters. The van der Waals surface area contributed by atoms with Crippen LogP contribution in [0, 0.1) is 5.82 Å². The van der Waals surface area contributed by atoms with Gasteiger partial charge in [0.05, 0.1) is 0 Å². The summed E-state index contributed by atoms with van der Waals surface area (Å²) in [6.45, 7) is 2.06. The Kier molecular flexibility index (Phi) is 2.56. The number of rotatable bonds is 0. The molecule has 1 heterocycles. The number of hydrogen-bond donors (Lipinski definition) is 1. The first-order valence-corrected chi connectivity index (χ1v) is 6.38. The zero-order valence-electron chi connectivity index (χ0n) is 9.41. The van der Waals surface area contributed by atoms with E-state index in [2.05, 4.69) is 24.4 Å². The molecule has 1 nitrogen and oxygen atoms in total. The lowest BCUT2D eigenvalue weighted by atomic mass is 10.1. The smallest absolute Gasteiger partial charge is 0.123 e. The highest BCUT2D eigenvalue weighted by molar-refractivity contribution is 7.99. The van der Waals surface area contributed by atoms with E-state index >= 15 is 0 Å². The third kappa shape index (κ3) is 1.91. The van der Waals surface area contributed by atoms with Crippen LogP contribution in [-0.2, 0) is 0 Å². The Bertz CT molecular complexity index is 568.